The topological polar surface area (TPSA) is 106 Å². The molecule has 8 nitrogen and oxygen atoms in total. The molecular weight excluding hydrogens is 405 g/mol. The minimum atomic E-state index is -0.622. The minimum Gasteiger partial charge on any atom is -0.348 e. The molecule has 27 heavy (non-hydrogen) atoms. The molecule has 0 spiro atoms. The Bertz CT molecular complexity index is 740. The van der Waals surface area contributed by atoms with Gasteiger partial charge in [0.25, 0.3) is 0 Å². The lowest BCUT2D eigenvalue weighted by atomic mass is 10.2. The van der Waals surface area contributed by atoms with E-state index in [1.54, 1.807) is 4.68 Å². The Kier molecular flexibility index (Phi) is 8.31. The zero-order valence-electron chi connectivity index (χ0n) is 15.6. The van der Waals surface area contributed by atoms with Crippen LogP contribution >= 0.6 is 30.5 Å². The van der Waals surface area contributed by atoms with Crippen molar-refractivity contribution in [2.75, 3.05) is 5.75 Å². The van der Waals surface area contributed by atoms with Crippen molar-refractivity contribution in [2.24, 2.45) is 0 Å². The molecule has 2 amide bonds. The van der Waals surface area contributed by atoms with Crippen molar-refractivity contribution in [1.82, 2.24) is 25.6 Å². The molecule has 148 valence electrons. The number of hydrogen-bond acceptors (Lipinski definition) is 7. The van der Waals surface area contributed by atoms with E-state index in [-0.39, 0.29) is 36.5 Å². The highest BCUT2D eigenvalue weighted by molar-refractivity contribution is 8.77. The second kappa shape index (κ2) is 10.2. The predicted octanol–water partition coefficient (Wildman–Crippen LogP) is 1.16. The molecular formula is C16H24N5O3PS2. The molecule has 2 heterocycles. The largest absolute Gasteiger partial charge is 0.348 e. The van der Waals surface area contributed by atoms with Crippen LogP contribution in [0.3, 0.4) is 0 Å². The molecule has 0 aliphatic carbocycles. The number of ketones is 1. The van der Waals surface area contributed by atoms with E-state index in [1.165, 1.54) is 28.5 Å². The van der Waals surface area contributed by atoms with E-state index in [1.807, 2.05) is 13.8 Å². The van der Waals surface area contributed by atoms with Gasteiger partial charge in [-0.3, -0.25) is 14.4 Å². The Morgan fingerprint density at radius 3 is 2.56 bits per heavy atom. The van der Waals surface area contributed by atoms with Gasteiger partial charge >= 0.3 is 0 Å². The highest BCUT2D eigenvalue weighted by Crippen LogP contribution is 2.27. The molecule has 0 bridgehead atoms. The number of nitrogens with one attached hydrogen (secondary N) is 2. The summed E-state index contributed by atoms with van der Waals surface area (Å²) >= 11 is 0. The molecule has 1 aromatic heterocycles. The third kappa shape index (κ3) is 6.62. The first-order chi connectivity index (χ1) is 12.8. The summed E-state index contributed by atoms with van der Waals surface area (Å²) in [6, 6.07) is -0.183. The van der Waals surface area contributed by atoms with Crippen molar-refractivity contribution < 1.29 is 14.4 Å². The lowest BCUT2D eigenvalue weighted by Crippen LogP contribution is -2.41. The Labute approximate surface area is 168 Å². The molecule has 1 aromatic rings. The fourth-order valence-electron chi connectivity index (χ4n) is 2.48. The highest BCUT2D eigenvalue weighted by atomic mass is 33.1. The van der Waals surface area contributed by atoms with Crippen LogP contribution in [0.5, 0.6) is 0 Å². The molecule has 2 N–H and O–H groups in total. The summed E-state index contributed by atoms with van der Waals surface area (Å²) in [5.41, 5.74) is 1.57. The second-order valence-electron chi connectivity index (χ2n) is 6.34. The smallest absolute Gasteiger partial charge is 0.222 e. The van der Waals surface area contributed by atoms with Crippen LogP contribution in [-0.2, 0) is 27.3 Å². The number of amides is 2. The highest BCUT2D eigenvalue weighted by Gasteiger charge is 2.22. The van der Waals surface area contributed by atoms with Crippen LogP contribution in [0, 0.1) is 6.92 Å². The standard InChI is InChI=1S/C16H24N5O3PS2/c1-9-13-4-5-14(23)18-16(10(2)22)27-26-8-12(11(3)25)17-15(24)6-7-21(13)20-19-9/h12,16,25H,4-8H2,1-3H3,(H,17,24)(H,18,23). The summed E-state index contributed by atoms with van der Waals surface area (Å²) in [5, 5.41) is 14.2. The van der Waals surface area contributed by atoms with E-state index in [4.69, 9.17) is 0 Å². The van der Waals surface area contributed by atoms with Gasteiger partial charge in [-0.2, -0.15) is 0 Å². The van der Waals surface area contributed by atoms with E-state index < -0.39 is 5.37 Å². The maximum absolute atomic E-state index is 12.3. The van der Waals surface area contributed by atoms with Crippen LogP contribution in [0.15, 0.2) is 0 Å². The number of hydrogen-bond donors (Lipinski definition) is 2. The summed E-state index contributed by atoms with van der Waals surface area (Å²) < 4.78 is 1.67. The molecule has 0 saturated carbocycles. The van der Waals surface area contributed by atoms with Crippen molar-refractivity contribution in [3.63, 3.8) is 0 Å². The van der Waals surface area contributed by atoms with Gasteiger partial charge in [-0.1, -0.05) is 26.8 Å². The Balaban J connectivity index is 2.21. The summed E-state index contributed by atoms with van der Waals surface area (Å²) in [5.74, 6) is 0.167. The lowest BCUT2D eigenvalue weighted by Gasteiger charge is -2.19. The third-order valence-electron chi connectivity index (χ3n) is 4.09. The van der Waals surface area contributed by atoms with Gasteiger partial charge in [0.1, 0.15) is 5.37 Å². The first-order valence-corrected chi connectivity index (χ1v) is 11.5. The Morgan fingerprint density at radius 2 is 1.89 bits per heavy atom. The van der Waals surface area contributed by atoms with E-state index in [9.17, 15) is 14.4 Å². The SMILES string of the molecule is CC(=O)C1NC(=O)CCc2c(C)nnn2CCC(=O)NC(C(C)=P)CSS1. The van der Waals surface area contributed by atoms with Crippen molar-refractivity contribution in [3.05, 3.63) is 11.4 Å². The number of nitrogens with zero attached hydrogens (tertiary/aromatic N) is 3. The van der Waals surface area contributed by atoms with Crippen LogP contribution in [0.4, 0.5) is 0 Å². The first kappa shape index (κ1) is 21.9. The first-order valence-electron chi connectivity index (χ1n) is 8.59. The van der Waals surface area contributed by atoms with E-state index >= 15 is 0 Å². The lowest BCUT2D eigenvalue weighted by molar-refractivity contribution is -0.125. The number of Topliss-reactive ketones (excluding diaryl/α,β-unsaturated/α-hetero) is 1. The van der Waals surface area contributed by atoms with Gasteiger partial charge in [0.05, 0.1) is 24.0 Å². The van der Waals surface area contributed by atoms with Crippen molar-refractivity contribution in [1.29, 1.82) is 0 Å². The average molecular weight is 430 g/mol. The Hall–Kier alpha value is -1.38. The quantitative estimate of drug-likeness (QED) is 0.537. The van der Waals surface area contributed by atoms with Gasteiger partial charge < -0.3 is 10.6 Å². The zero-order valence-corrected chi connectivity index (χ0v) is 18.2. The zero-order chi connectivity index (χ0) is 20.0. The molecule has 1 aliphatic heterocycles. The minimum absolute atomic E-state index is 0.0884. The Morgan fingerprint density at radius 1 is 1.19 bits per heavy atom. The van der Waals surface area contributed by atoms with Crippen molar-refractivity contribution in [3.8, 4) is 0 Å². The third-order valence-corrected chi connectivity index (χ3v) is 7.08. The summed E-state index contributed by atoms with van der Waals surface area (Å²) in [7, 11) is 6.23. The summed E-state index contributed by atoms with van der Waals surface area (Å²) in [6.45, 7) is 5.56. The van der Waals surface area contributed by atoms with Crippen molar-refractivity contribution in [2.45, 2.75) is 58.0 Å². The molecule has 11 heteroatoms. The van der Waals surface area contributed by atoms with Crippen LogP contribution in [0.1, 0.15) is 38.1 Å². The molecule has 0 saturated heterocycles. The number of carbonyl (C=O) groups is 3. The molecule has 2 unspecified atom stereocenters. The molecule has 1 aliphatic rings. The normalized spacial score (nSPS) is 22.6. The van der Waals surface area contributed by atoms with E-state index in [0.717, 1.165) is 16.7 Å². The monoisotopic (exact) mass is 429 g/mol. The maximum atomic E-state index is 12.3. The van der Waals surface area contributed by atoms with E-state index in [0.29, 0.717) is 18.7 Å². The van der Waals surface area contributed by atoms with Crippen molar-refractivity contribution >= 4 is 53.3 Å². The van der Waals surface area contributed by atoms with Crippen LogP contribution in [0.2, 0.25) is 0 Å². The predicted molar refractivity (Wildman–Crippen MR) is 111 cm³/mol. The number of carbonyl (C=O) groups excluding carboxylic acids is 3. The molecule has 0 aromatic carbocycles. The summed E-state index contributed by atoms with van der Waals surface area (Å²) in [4.78, 5) is 36.5. The van der Waals surface area contributed by atoms with Gasteiger partial charge in [-0.25, -0.2) is 4.68 Å². The van der Waals surface area contributed by atoms with Crippen LogP contribution in [0.25, 0.3) is 0 Å². The van der Waals surface area contributed by atoms with E-state index in [2.05, 4.69) is 29.8 Å². The summed E-state index contributed by atoms with van der Waals surface area (Å²) in [6.07, 6.45) is 0.948. The van der Waals surface area contributed by atoms with Gasteiger partial charge in [-0.15, -0.1) is 14.0 Å². The second-order valence-corrected chi connectivity index (χ2v) is 9.64. The van der Waals surface area contributed by atoms with Crippen LogP contribution < -0.4 is 10.6 Å². The molecule has 0 radical (unpaired) electrons. The molecule has 2 atom stereocenters. The molecule has 0 fully saturated rings. The molecule has 2 rings (SSSR count). The van der Waals surface area contributed by atoms with Gasteiger partial charge in [-0.05, 0) is 32.5 Å². The van der Waals surface area contributed by atoms with Crippen LogP contribution in [-0.4, -0.2) is 55.1 Å². The fraction of sp³-hybridized carbons (Fsp3) is 0.625. The number of aromatic nitrogens is 3. The van der Waals surface area contributed by atoms with Gasteiger partial charge in [0, 0.05) is 18.6 Å². The number of rotatable bonds is 2. The fourth-order valence-corrected chi connectivity index (χ4v) is 5.40. The van der Waals surface area contributed by atoms with Gasteiger partial charge in [0.2, 0.25) is 11.8 Å². The van der Waals surface area contributed by atoms with Gasteiger partial charge in [0.15, 0.2) is 5.78 Å². The number of fused-ring (bicyclic) bond motifs is 1. The average Bonchev–Trinajstić information content (AvgIpc) is 2.94. The number of aryl methyl sites for hydroxylation is 2. The maximum Gasteiger partial charge on any atom is 0.222 e.